The number of carbonyl (C=O) groups excluding carboxylic acids is 2. The number of aliphatic carboxylic acids is 1. The standard InChI is InChI=1S/C26H27N3O6/c1-2-7-16(25(31)32)12-27-24(30)22-15-35-29-23(22)13-28-26(33)34-14-21-19-10-5-3-8-17(19)18-9-4-6-11-20(18)21/h3-6,8-11,15-16,21H,2,7,12-14H2,1H3,(H,27,30)(H,28,33)(H,31,32). The molecule has 3 aromatic rings. The number of rotatable bonds is 10. The van der Waals surface area contributed by atoms with Gasteiger partial charge in [-0.25, -0.2) is 4.79 Å². The molecule has 0 spiro atoms. The minimum atomic E-state index is -0.963. The SMILES string of the molecule is CCCC(CNC(=O)c1conc1CNC(=O)OCC1c2ccccc2-c2ccccc21)C(=O)O. The first-order chi connectivity index (χ1) is 17.0. The highest BCUT2D eigenvalue weighted by atomic mass is 16.5. The van der Waals surface area contributed by atoms with Crippen molar-refractivity contribution in [2.75, 3.05) is 13.2 Å². The van der Waals surface area contributed by atoms with Crippen LogP contribution in [0.4, 0.5) is 4.79 Å². The van der Waals surface area contributed by atoms with Gasteiger partial charge in [-0.2, -0.15) is 0 Å². The lowest BCUT2D eigenvalue weighted by Gasteiger charge is -2.14. The third-order valence-electron chi connectivity index (χ3n) is 6.13. The third-order valence-corrected chi connectivity index (χ3v) is 6.13. The average molecular weight is 478 g/mol. The van der Waals surface area contributed by atoms with Gasteiger partial charge in [-0.05, 0) is 28.7 Å². The van der Waals surface area contributed by atoms with Crippen LogP contribution in [0.5, 0.6) is 0 Å². The number of carbonyl (C=O) groups is 3. The zero-order valence-electron chi connectivity index (χ0n) is 19.3. The van der Waals surface area contributed by atoms with E-state index < -0.39 is 23.9 Å². The maximum Gasteiger partial charge on any atom is 0.407 e. The maximum absolute atomic E-state index is 12.5. The molecular formula is C26H27N3O6. The van der Waals surface area contributed by atoms with Crippen LogP contribution in [0, 0.1) is 5.92 Å². The number of nitrogens with one attached hydrogen (secondary N) is 2. The van der Waals surface area contributed by atoms with Crippen LogP contribution in [0.25, 0.3) is 11.1 Å². The van der Waals surface area contributed by atoms with Gasteiger partial charge in [0.1, 0.15) is 24.1 Å². The second-order valence-corrected chi connectivity index (χ2v) is 8.39. The fraction of sp³-hybridized carbons (Fsp3) is 0.308. The van der Waals surface area contributed by atoms with E-state index in [1.54, 1.807) is 0 Å². The summed E-state index contributed by atoms with van der Waals surface area (Å²) in [5.74, 6) is -2.22. The summed E-state index contributed by atoms with van der Waals surface area (Å²) in [5.41, 5.74) is 4.85. The molecule has 0 fully saturated rings. The number of hydrogen-bond acceptors (Lipinski definition) is 6. The highest BCUT2D eigenvalue weighted by molar-refractivity contribution is 5.95. The first-order valence-corrected chi connectivity index (χ1v) is 11.5. The summed E-state index contributed by atoms with van der Waals surface area (Å²) in [5, 5.41) is 18.2. The topological polar surface area (TPSA) is 131 Å². The maximum atomic E-state index is 12.5. The van der Waals surface area contributed by atoms with Gasteiger partial charge in [0.15, 0.2) is 0 Å². The summed E-state index contributed by atoms with van der Waals surface area (Å²) in [6.45, 7) is 1.96. The molecule has 35 heavy (non-hydrogen) atoms. The molecule has 4 rings (SSSR count). The van der Waals surface area contributed by atoms with Crippen LogP contribution in [-0.4, -0.2) is 41.4 Å². The van der Waals surface area contributed by atoms with Gasteiger partial charge in [-0.1, -0.05) is 67.0 Å². The monoisotopic (exact) mass is 477 g/mol. The molecule has 9 heteroatoms. The number of carboxylic acids is 1. The van der Waals surface area contributed by atoms with Crippen molar-refractivity contribution >= 4 is 18.0 Å². The minimum Gasteiger partial charge on any atom is -0.481 e. The third kappa shape index (κ3) is 5.34. The summed E-state index contributed by atoms with van der Waals surface area (Å²) >= 11 is 0. The van der Waals surface area contributed by atoms with Crippen molar-refractivity contribution in [1.82, 2.24) is 15.8 Å². The summed E-state index contributed by atoms with van der Waals surface area (Å²) in [4.78, 5) is 36.2. The highest BCUT2D eigenvalue weighted by Gasteiger charge is 2.29. The first kappa shape index (κ1) is 24.0. The second kappa shape index (κ2) is 10.9. The molecule has 1 aromatic heterocycles. The summed E-state index contributed by atoms with van der Waals surface area (Å²) in [7, 11) is 0. The van der Waals surface area contributed by atoms with Gasteiger partial charge in [0.2, 0.25) is 0 Å². The Morgan fingerprint density at radius 3 is 2.34 bits per heavy atom. The van der Waals surface area contributed by atoms with E-state index in [9.17, 15) is 19.5 Å². The predicted octanol–water partition coefficient (Wildman–Crippen LogP) is 3.94. The van der Waals surface area contributed by atoms with E-state index >= 15 is 0 Å². The van der Waals surface area contributed by atoms with Gasteiger partial charge in [0.05, 0.1) is 12.5 Å². The Kier molecular flexibility index (Phi) is 7.45. The molecule has 3 N–H and O–H groups in total. The Morgan fingerprint density at radius 2 is 1.71 bits per heavy atom. The summed E-state index contributed by atoms with van der Waals surface area (Å²) < 4.78 is 10.4. The smallest absolute Gasteiger partial charge is 0.407 e. The number of nitrogens with zero attached hydrogens (tertiary/aromatic N) is 1. The molecule has 1 heterocycles. The van der Waals surface area contributed by atoms with Gasteiger partial charge in [0, 0.05) is 12.5 Å². The van der Waals surface area contributed by atoms with E-state index in [4.69, 9.17) is 9.26 Å². The molecule has 2 amide bonds. The number of carboxylic acid groups (broad SMARTS) is 1. The quantitative estimate of drug-likeness (QED) is 0.403. The number of hydrogen-bond donors (Lipinski definition) is 3. The van der Waals surface area contributed by atoms with Crippen LogP contribution < -0.4 is 10.6 Å². The lowest BCUT2D eigenvalue weighted by molar-refractivity contribution is -0.141. The number of alkyl carbamates (subject to hydrolysis) is 1. The van der Waals surface area contributed by atoms with E-state index in [2.05, 4.69) is 27.9 Å². The fourth-order valence-corrected chi connectivity index (χ4v) is 4.35. The highest BCUT2D eigenvalue weighted by Crippen LogP contribution is 2.44. The molecule has 0 saturated heterocycles. The van der Waals surface area contributed by atoms with Crippen LogP contribution >= 0.6 is 0 Å². The molecule has 0 aliphatic heterocycles. The first-order valence-electron chi connectivity index (χ1n) is 11.5. The van der Waals surface area contributed by atoms with E-state index in [0.717, 1.165) is 22.3 Å². The Morgan fingerprint density at radius 1 is 1.06 bits per heavy atom. The zero-order chi connectivity index (χ0) is 24.8. The predicted molar refractivity (Wildman–Crippen MR) is 127 cm³/mol. The van der Waals surface area contributed by atoms with Crippen LogP contribution in [0.2, 0.25) is 0 Å². The average Bonchev–Trinajstić information content (AvgIpc) is 3.46. The van der Waals surface area contributed by atoms with E-state index in [1.807, 2.05) is 43.3 Å². The molecule has 0 saturated carbocycles. The fourth-order valence-electron chi connectivity index (χ4n) is 4.35. The van der Waals surface area contributed by atoms with Crippen molar-refractivity contribution in [3.63, 3.8) is 0 Å². The molecule has 0 radical (unpaired) electrons. The van der Waals surface area contributed by atoms with Gasteiger partial charge < -0.3 is 25.0 Å². The van der Waals surface area contributed by atoms with Gasteiger partial charge >= 0.3 is 12.1 Å². The van der Waals surface area contributed by atoms with E-state index in [-0.39, 0.29) is 36.9 Å². The summed E-state index contributed by atoms with van der Waals surface area (Å²) in [6.07, 6.45) is 1.67. The summed E-state index contributed by atoms with van der Waals surface area (Å²) in [6, 6.07) is 16.1. The molecule has 1 atom stereocenters. The van der Waals surface area contributed by atoms with Crippen molar-refractivity contribution in [3.8, 4) is 11.1 Å². The van der Waals surface area contributed by atoms with Gasteiger partial charge in [-0.15, -0.1) is 0 Å². The minimum absolute atomic E-state index is 0.00751. The normalized spacial score (nSPS) is 12.9. The largest absolute Gasteiger partial charge is 0.481 e. The van der Waals surface area contributed by atoms with Crippen molar-refractivity contribution in [2.24, 2.45) is 5.92 Å². The zero-order valence-corrected chi connectivity index (χ0v) is 19.3. The Bertz CT molecular complexity index is 1180. The molecule has 182 valence electrons. The number of amides is 2. The molecule has 0 bridgehead atoms. The Balaban J connectivity index is 1.32. The lowest BCUT2D eigenvalue weighted by atomic mass is 9.98. The molecule has 1 aliphatic carbocycles. The van der Waals surface area contributed by atoms with Crippen molar-refractivity contribution in [1.29, 1.82) is 0 Å². The molecule has 1 aliphatic rings. The Labute approximate surface area is 202 Å². The van der Waals surface area contributed by atoms with Crippen LogP contribution in [0.15, 0.2) is 59.3 Å². The van der Waals surface area contributed by atoms with E-state index in [0.29, 0.717) is 12.8 Å². The van der Waals surface area contributed by atoms with Crippen LogP contribution in [-0.2, 0) is 16.1 Å². The van der Waals surface area contributed by atoms with Gasteiger partial charge in [0.25, 0.3) is 5.91 Å². The molecule has 1 unspecified atom stereocenters. The van der Waals surface area contributed by atoms with Crippen molar-refractivity contribution < 1.29 is 28.8 Å². The molecule has 9 nitrogen and oxygen atoms in total. The number of fused-ring (bicyclic) bond motifs is 3. The number of benzene rings is 2. The van der Waals surface area contributed by atoms with Crippen LogP contribution in [0.3, 0.4) is 0 Å². The number of aromatic nitrogens is 1. The van der Waals surface area contributed by atoms with Gasteiger partial charge in [-0.3, -0.25) is 9.59 Å². The van der Waals surface area contributed by atoms with Crippen LogP contribution in [0.1, 0.15) is 52.9 Å². The Hall–Kier alpha value is -4.14. The van der Waals surface area contributed by atoms with E-state index in [1.165, 1.54) is 6.26 Å². The molecule has 2 aromatic carbocycles. The number of ether oxygens (including phenoxy) is 1. The lowest BCUT2D eigenvalue weighted by Crippen LogP contribution is -2.33. The van der Waals surface area contributed by atoms with Crippen molar-refractivity contribution in [2.45, 2.75) is 32.2 Å². The molecular weight excluding hydrogens is 450 g/mol. The second-order valence-electron chi connectivity index (χ2n) is 8.39. The van der Waals surface area contributed by atoms with Crippen molar-refractivity contribution in [3.05, 3.63) is 77.2 Å².